The van der Waals surface area contributed by atoms with E-state index in [0.717, 1.165) is 19.3 Å². The summed E-state index contributed by atoms with van der Waals surface area (Å²) in [6.45, 7) is 4.78. The number of hydrogen-bond acceptors (Lipinski definition) is 0. The van der Waals surface area contributed by atoms with E-state index in [9.17, 15) is 0 Å². The van der Waals surface area contributed by atoms with Gasteiger partial charge >= 0.3 is 0 Å². The Labute approximate surface area is 120 Å². The number of hydrogen-bond donors (Lipinski definition) is 0. The van der Waals surface area contributed by atoms with Crippen molar-refractivity contribution in [1.82, 2.24) is 0 Å². The molecular formula is C20H20. The highest BCUT2D eigenvalue weighted by Gasteiger charge is 2.32. The maximum absolute atomic E-state index is 2.42. The molecule has 0 heteroatoms. The molecule has 0 bridgehead atoms. The van der Waals surface area contributed by atoms with Crippen molar-refractivity contribution in [3.05, 3.63) is 69.7 Å². The monoisotopic (exact) mass is 260 g/mol. The lowest BCUT2D eigenvalue weighted by atomic mass is 9.68. The minimum atomic E-state index is 0.253. The fourth-order valence-electron chi connectivity index (χ4n) is 3.90. The molecule has 0 heterocycles. The highest BCUT2D eigenvalue weighted by atomic mass is 14.4. The highest BCUT2D eigenvalue weighted by molar-refractivity contribution is 5.78. The molecule has 100 valence electrons. The van der Waals surface area contributed by atoms with Gasteiger partial charge in [-0.1, -0.05) is 62.4 Å². The van der Waals surface area contributed by atoms with Crippen molar-refractivity contribution in [3.8, 4) is 0 Å². The topological polar surface area (TPSA) is 0 Å². The third-order valence-corrected chi connectivity index (χ3v) is 4.87. The van der Waals surface area contributed by atoms with Gasteiger partial charge in [-0.3, -0.25) is 0 Å². The average Bonchev–Trinajstić information content (AvgIpc) is 2.47. The van der Waals surface area contributed by atoms with Crippen molar-refractivity contribution in [3.63, 3.8) is 0 Å². The van der Waals surface area contributed by atoms with Crippen LogP contribution >= 0.6 is 0 Å². The van der Waals surface area contributed by atoms with E-state index in [4.69, 9.17) is 0 Å². The molecule has 0 saturated carbocycles. The Morgan fingerprint density at radius 3 is 2.85 bits per heavy atom. The summed E-state index contributed by atoms with van der Waals surface area (Å²) >= 11 is 0. The maximum atomic E-state index is 2.42. The first kappa shape index (κ1) is 12.0. The number of allylic oxidation sites excluding steroid dienone is 6. The Kier molecular flexibility index (Phi) is 2.44. The predicted molar refractivity (Wildman–Crippen MR) is 85.7 cm³/mol. The van der Waals surface area contributed by atoms with Crippen molar-refractivity contribution in [2.24, 2.45) is 5.41 Å². The molecule has 0 atom stereocenters. The lowest BCUT2D eigenvalue weighted by molar-refractivity contribution is 0.446. The van der Waals surface area contributed by atoms with Gasteiger partial charge in [-0.2, -0.15) is 0 Å². The summed E-state index contributed by atoms with van der Waals surface area (Å²) in [6, 6.07) is 4.63. The highest BCUT2D eigenvalue weighted by Crippen LogP contribution is 2.40. The van der Waals surface area contributed by atoms with Crippen molar-refractivity contribution >= 4 is 11.6 Å². The van der Waals surface area contributed by atoms with Gasteiger partial charge in [0, 0.05) is 0 Å². The molecule has 0 aliphatic heterocycles. The molecule has 0 N–H and O–H groups in total. The van der Waals surface area contributed by atoms with Gasteiger partial charge in [-0.25, -0.2) is 0 Å². The molecule has 0 unspecified atom stereocenters. The van der Waals surface area contributed by atoms with Crippen LogP contribution in [-0.4, -0.2) is 0 Å². The molecule has 0 nitrogen and oxygen atoms in total. The van der Waals surface area contributed by atoms with Crippen LogP contribution in [0, 0.1) is 5.41 Å². The second kappa shape index (κ2) is 4.09. The van der Waals surface area contributed by atoms with E-state index in [-0.39, 0.29) is 5.41 Å². The Bertz CT molecular complexity index is 795. The number of fused-ring (bicyclic) bond motifs is 4. The van der Waals surface area contributed by atoms with Gasteiger partial charge in [-0.05, 0) is 57.4 Å². The second-order valence-electron chi connectivity index (χ2n) is 6.69. The predicted octanol–water partition coefficient (Wildman–Crippen LogP) is 3.20. The van der Waals surface area contributed by atoms with E-state index in [1.165, 1.54) is 16.0 Å². The zero-order valence-electron chi connectivity index (χ0n) is 12.2. The minimum Gasteiger partial charge on any atom is -0.0801 e. The van der Waals surface area contributed by atoms with Crippen LogP contribution in [0.15, 0.2) is 48.1 Å². The standard InChI is InChI=1S/C20H20/c1-20(2)13-18-15-8-4-3-7-14(15)11-12-16(18)17-9-5-6-10-19(17)20/h3-5,7,9-12H,6,8,13H2,1-2H3. The lowest BCUT2D eigenvalue weighted by Gasteiger charge is -2.36. The molecule has 20 heavy (non-hydrogen) atoms. The SMILES string of the molecule is CC1(C)Cc2c3c(ccc2=C2C=CCC=C21)=CC=CC3. The van der Waals surface area contributed by atoms with Crippen LogP contribution in [0.1, 0.15) is 31.4 Å². The van der Waals surface area contributed by atoms with E-state index in [1.807, 2.05) is 0 Å². The molecule has 0 spiro atoms. The van der Waals surface area contributed by atoms with Crippen molar-refractivity contribution in [2.45, 2.75) is 33.1 Å². The van der Waals surface area contributed by atoms with Gasteiger partial charge < -0.3 is 0 Å². The smallest absolute Gasteiger partial charge is 0.00598 e. The van der Waals surface area contributed by atoms with Gasteiger partial charge in [0.15, 0.2) is 0 Å². The van der Waals surface area contributed by atoms with Crippen LogP contribution in [0.2, 0.25) is 0 Å². The van der Waals surface area contributed by atoms with Crippen LogP contribution < -0.4 is 10.4 Å². The zero-order valence-corrected chi connectivity index (χ0v) is 12.2. The average molecular weight is 260 g/mol. The van der Waals surface area contributed by atoms with Crippen LogP contribution in [0.3, 0.4) is 0 Å². The Balaban J connectivity index is 2.12. The summed E-state index contributed by atoms with van der Waals surface area (Å²) in [6.07, 6.45) is 17.1. The quantitative estimate of drug-likeness (QED) is 0.672. The summed E-state index contributed by atoms with van der Waals surface area (Å²) in [5, 5.41) is 2.88. The molecule has 0 fully saturated rings. The summed E-state index contributed by atoms with van der Waals surface area (Å²) in [7, 11) is 0. The van der Waals surface area contributed by atoms with Crippen LogP contribution in [-0.2, 0) is 12.8 Å². The molecule has 0 radical (unpaired) electrons. The molecule has 3 aliphatic carbocycles. The lowest BCUT2D eigenvalue weighted by Crippen LogP contribution is -2.35. The fraction of sp³-hybridized carbons (Fsp3) is 0.300. The summed E-state index contributed by atoms with van der Waals surface area (Å²) in [5.74, 6) is 0. The first-order valence-corrected chi connectivity index (χ1v) is 7.56. The zero-order chi connectivity index (χ0) is 13.7. The first-order chi connectivity index (χ1) is 9.67. The Morgan fingerprint density at radius 1 is 1.05 bits per heavy atom. The van der Waals surface area contributed by atoms with Crippen molar-refractivity contribution in [1.29, 1.82) is 0 Å². The molecule has 4 rings (SSSR count). The van der Waals surface area contributed by atoms with Gasteiger partial charge in [-0.15, -0.1) is 0 Å². The number of rotatable bonds is 0. The van der Waals surface area contributed by atoms with E-state index >= 15 is 0 Å². The van der Waals surface area contributed by atoms with E-state index in [1.54, 1.807) is 16.7 Å². The molecule has 1 aromatic rings. The van der Waals surface area contributed by atoms with Gasteiger partial charge in [0.05, 0.1) is 0 Å². The fourth-order valence-corrected chi connectivity index (χ4v) is 3.90. The van der Waals surface area contributed by atoms with Crippen LogP contribution in [0.5, 0.6) is 0 Å². The summed E-state index contributed by atoms with van der Waals surface area (Å²) < 4.78 is 0. The van der Waals surface area contributed by atoms with Crippen molar-refractivity contribution in [2.75, 3.05) is 0 Å². The third kappa shape index (κ3) is 1.61. The largest absolute Gasteiger partial charge is 0.0801 e. The number of benzene rings is 1. The van der Waals surface area contributed by atoms with Gasteiger partial charge in [0.2, 0.25) is 0 Å². The van der Waals surface area contributed by atoms with Crippen LogP contribution in [0.25, 0.3) is 11.6 Å². The van der Waals surface area contributed by atoms with E-state index in [0.29, 0.717) is 0 Å². The van der Waals surface area contributed by atoms with Crippen LogP contribution in [0.4, 0.5) is 0 Å². The molecule has 0 amide bonds. The summed E-state index contributed by atoms with van der Waals surface area (Å²) in [4.78, 5) is 0. The summed E-state index contributed by atoms with van der Waals surface area (Å²) in [5.41, 5.74) is 6.38. The molecule has 3 aliphatic rings. The Hall–Kier alpha value is -1.82. The normalized spacial score (nSPS) is 21.5. The Morgan fingerprint density at radius 2 is 1.95 bits per heavy atom. The van der Waals surface area contributed by atoms with Gasteiger partial charge in [0.25, 0.3) is 0 Å². The molecule has 0 aromatic heterocycles. The van der Waals surface area contributed by atoms with E-state index in [2.05, 4.69) is 62.4 Å². The van der Waals surface area contributed by atoms with Gasteiger partial charge in [0.1, 0.15) is 0 Å². The minimum absolute atomic E-state index is 0.253. The van der Waals surface area contributed by atoms with Crippen molar-refractivity contribution < 1.29 is 0 Å². The third-order valence-electron chi connectivity index (χ3n) is 4.87. The molecular weight excluding hydrogens is 240 g/mol. The van der Waals surface area contributed by atoms with E-state index < -0.39 is 0 Å². The molecule has 0 saturated heterocycles. The second-order valence-corrected chi connectivity index (χ2v) is 6.69. The maximum Gasteiger partial charge on any atom is -0.00598 e. The first-order valence-electron chi connectivity index (χ1n) is 7.56. The molecule has 1 aromatic carbocycles.